The highest BCUT2D eigenvalue weighted by Gasteiger charge is 2.62. The normalized spacial score (nSPS) is 29.6. The molecule has 1 rings (SSSR count). The Balaban J connectivity index is 3.47. The van der Waals surface area contributed by atoms with Crippen LogP contribution in [-0.4, -0.2) is 65.8 Å². The highest BCUT2D eigenvalue weighted by atomic mass is 16.7. The number of rotatable bonds is 5. The zero-order chi connectivity index (χ0) is 20.8. The Morgan fingerprint density at radius 3 is 2.04 bits per heavy atom. The molecule has 10 nitrogen and oxygen atoms in total. The van der Waals surface area contributed by atoms with Gasteiger partial charge in [-0.3, -0.25) is 19.2 Å². The minimum absolute atomic E-state index is 0.419. The summed E-state index contributed by atoms with van der Waals surface area (Å²) in [7, 11) is 0. The van der Waals surface area contributed by atoms with Crippen molar-refractivity contribution in [1.29, 1.82) is 0 Å². The summed E-state index contributed by atoms with van der Waals surface area (Å²) in [6, 6.07) is 0. The second-order valence-corrected chi connectivity index (χ2v) is 5.70. The molecule has 0 amide bonds. The molecule has 0 unspecified atom stereocenters. The van der Waals surface area contributed by atoms with Crippen LogP contribution in [0.4, 0.5) is 0 Å². The van der Waals surface area contributed by atoms with Crippen LogP contribution in [0.25, 0.3) is 0 Å². The van der Waals surface area contributed by atoms with Crippen LogP contribution in [0, 0.1) is 11.8 Å². The number of hydrogen-bond donors (Lipinski definition) is 1. The summed E-state index contributed by atoms with van der Waals surface area (Å²) < 4.78 is 25.8. The lowest BCUT2D eigenvalue weighted by Crippen LogP contribution is -2.69. The van der Waals surface area contributed by atoms with Gasteiger partial charge in [-0.05, 0) is 12.8 Å². The van der Waals surface area contributed by atoms with Crippen molar-refractivity contribution in [3.63, 3.8) is 0 Å². The van der Waals surface area contributed by atoms with E-state index in [0.29, 0.717) is 0 Å². The van der Waals surface area contributed by atoms with Crippen LogP contribution in [-0.2, 0) is 42.9 Å². The van der Waals surface area contributed by atoms with E-state index in [9.17, 15) is 24.3 Å². The molecule has 0 aromatic rings. The predicted octanol–water partition coefficient (Wildman–Crippen LogP) is -0.545. The minimum Gasteiger partial charge on any atom is -0.463 e. The van der Waals surface area contributed by atoms with Crippen LogP contribution in [0.5, 0.6) is 0 Å². The maximum absolute atomic E-state index is 11.6. The Morgan fingerprint density at radius 2 is 1.59 bits per heavy atom. The Bertz CT molecular complexity index is 660. The average molecular weight is 386 g/mol. The molecule has 150 valence electrons. The molecule has 0 aromatic heterocycles. The number of carbonyl (C=O) groups is 4. The standard InChI is InChI=1S/C17H22O10/c1-6-7-17(27-12(5)21)15(25-11(4)20)14(24-10(3)19)13(26-16(17)22)8-23-9(2)18/h13-16,22H,8H2,1-5H3/t13-,14-,15+,16-,17-/m1/s1. The molecule has 0 radical (unpaired) electrons. The number of aliphatic hydroxyl groups is 1. The SMILES string of the molecule is CC#C[C@]1(OC(C)=O)[C@H](O)O[C@H](COC(C)=O)[C@@H](OC(C)=O)[C@@H]1OC(C)=O. The molecule has 0 aliphatic carbocycles. The molecular weight excluding hydrogens is 364 g/mol. The van der Waals surface area contributed by atoms with Crippen molar-refractivity contribution in [2.45, 2.75) is 64.8 Å². The lowest BCUT2D eigenvalue weighted by molar-refractivity contribution is -0.317. The number of aliphatic hydroxyl groups excluding tert-OH is 1. The van der Waals surface area contributed by atoms with Gasteiger partial charge in [0.1, 0.15) is 12.7 Å². The number of hydrogen-bond acceptors (Lipinski definition) is 10. The Kier molecular flexibility index (Phi) is 7.75. The number of ether oxygens (including phenoxy) is 5. The molecule has 1 heterocycles. The van der Waals surface area contributed by atoms with Crippen molar-refractivity contribution in [3.05, 3.63) is 0 Å². The maximum atomic E-state index is 11.6. The van der Waals surface area contributed by atoms with Gasteiger partial charge in [0.15, 0.2) is 12.2 Å². The van der Waals surface area contributed by atoms with Crippen LogP contribution in [0.3, 0.4) is 0 Å². The van der Waals surface area contributed by atoms with Crippen LogP contribution >= 0.6 is 0 Å². The summed E-state index contributed by atoms with van der Waals surface area (Å²) in [5.41, 5.74) is -2.15. The van der Waals surface area contributed by atoms with Gasteiger partial charge in [-0.1, -0.05) is 0 Å². The van der Waals surface area contributed by atoms with Crippen molar-refractivity contribution in [3.8, 4) is 11.8 Å². The Hall–Kier alpha value is -2.64. The lowest BCUT2D eigenvalue weighted by atomic mass is 9.86. The summed E-state index contributed by atoms with van der Waals surface area (Å²) in [4.78, 5) is 45.9. The van der Waals surface area contributed by atoms with Gasteiger partial charge >= 0.3 is 23.9 Å². The van der Waals surface area contributed by atoms with Gasteiger partial charge in [0.05, 0.1) is 0 Å². The van der Waals surface area contributed by atoms with E-state index in [4.69, 9.17) is 23.7 Å². The highest BCUT2D eigenvalue weighted by molar-refractivity contribution is 5.69. The fourth-order valence-corrected chi connectivity index (χ4v) is 2.62. The molecule has 10 heteroatoms. The summed E-state index contributed by atoms with van der Waals surface area (Å²) in [6.07, 6.45) is -6.01. The zero-order valence-corrected chi connectivity index (χ0v) is 15.6. The molecule has 5 atom stereocenters. The smallest absolute Gasteiger partial charge is 0.304 e. The van der Waals surface area contributed by atoms with Gasteiger partial charge in [0, 0.05) is 27.7 Å². The third kappa shape index (κ3) is 5.67. The van der Waals surface area contributed by atoms with Crippen molar-refractivity contribution < 1.29 is 48.0 Å². The summed E-state index contributed by atoms with van der Waals surface area (Å²) in [6.45, 7) is 5.35. The first-order valence-electron chi connectivity index (χ1n) is 7.98. The second kappa shape index (κ2) is 9.34. The number of esters is 4. The predicted molar refractivity (Wildman–Crippen MR) is 86.6 cm³/mol. The van der Waals surface area contributed by atoms with Crippen molar-refractivity contribution in [2.24, 2.45) is 0 Å². The topological polar surface area (TPSA) is 135 Å². The summed E-state index contributed by atoms with van der Waals surface area (Å²) in [5, 5.41) is 10.5. The van der Waals surface area contributed by atoms with Crippen LogP contribution in [0.2, 0.25) is 0 Å². The van der Waals surface area contributed by atoms with Crippen molar-refractivity contribution in [2.75, 3.05) is 6.61 Å². The van der Waals surface area contributed by atoms with Crippen LogP contribution in [0.15, 0.2) is 0 Å². The first-order chi connectivity index (χ1) is 12.5. The molecule has 1 aliphatic heterocycles. The third-order valence-electron chi connectivity index (χ3n) is 3.44. The number of carbonyl (C=O) groups excluding carboxylic acids is 4. The van der Waals surface area contributed by atoms with Gasteiger partial charge in [-0.2, -0.15) is 0 Å². The molecular formula is C17H22O10. The lowest BCUT2D eigenvalue weighted by Gasteiger charge is -2.47. The third-order valence-corrected chi connectivity index (χ3v) is 3.44. The van der Waals surface area contributed by atoms with E-state index in [2.05, 4.69) is 11.8 Å². The van der Waals surface area contributed by atoms with E-state index in [1.807, 2.05) is 0 Å². The van der Waals surface area contributed by atoms with E-state index in [0.717, 1.165) is 27.7 Å². The molecule has 0 saturated carbocycles. The van der Waals surface area contributed by atoms with Crippen molar-refractivity contribution >= 4 is 23.9 Å². The van der Waals surface area contributed by atoms with E-state index in [1.54, 1.807) is 0 Å². The van der Waals surface area contributed by atoms with Gasteiger partial charge < -0.3 is 28.8 Å². The molecule has 1 aliphatic rings. The minimum atomic E-state index is -2.15. The fourth-order valence-electron chi connectivity index (χ4n) is 2.62. The fraction of sp³-hybridized carbons (Fsp3) is 0.647. The van der Waals surface area contributed by atoms with Crippen LogP contribution < -0.4 is 0 Å². The Labute approximate surface area is 156 Å². The van der Waals surface area contributed by atoms with E-state index in [1.165, 1.54) is 6.92 Å². The van der Waals surface area contributed by atoms with Crippen LogP contribution in [0.1, 0.15) is 34.6 Å². The maximum Gasteiger partial charge on any atom is 0.304 e. The highest BCUT2D eigenvalue weighted by Crippen LogP contribution is 2.36. The van der Waals surface area contributed by atoms with Gasteiger partial charge in [0.25, 0.3) is 5.60 Å². The molecule has 0 aromatic carbocycles. The second-order valence-electron chi connectivity index (χ2n) is 5.70. The zero-order valence-electron chi connectivity index (χ0n) is 15.6. The van der Waals surface area contributed by atoms with Gasteiger partial charge in [-0.15, -0.1) is 5.92 Å². The van der Waals surface area contributed by atoms with E-state index in [-0.39, 0.29) is 0 Å². The van der Waals surface area contributed by atoms with E-state index < -0.39 is 60.7 Å². The van der Waals surface area contributed by atoms with Gasteiger partial charge in [0.2, 0.25) is 6.29 Å². The molecule has 27 heavy (non-hydrogen) atoms. The average Bonchev–Trinajstić information content (AvgIpc) is 2.51. The molecule has 1 saturated heterocycles. The first-order valence-corrected chi connectivity index (χ1v) is 7.98. The van der Waals surface area contributed by atoms with E-state index >= 15 is 0 Å². The summed E-state index contributed by atoms with van der Waals surface area (Å²) >= 11 is 0. The van der Waals surface area contributed by atoms with Crippen molar-refractivity contribution in [1.82, 2.24) is 0 Å². The summed E-state index contributed by atoms with van der Waals surface area (Å²) in [5.74, 6) is 1.87. The monoisotopic (exact) mass is 386 g/mol. The first kappa shape index (κ1) is 22.4. The largest absolute Gasteiger partial charge is 0.463 e. The molecule has 0 spiro atoms. The molecule has 0 bridgehead atoms. The van der Waals surface area contributed by atoms with Gasteiger partial charge in [-0.25, -0.2) is 0 Å². The molecule has 1 N–H and O–H groups in total. The quantitative estimate of drug-likeness (QED) is 0.373. The Morgan fingerprint density at radius 1 is 1.00 bits per heavy atom. The molecule has 1 fully saturated rings.